The van der Waals surface area contributed by atoms with Crippen molar-refractivity contribution in [3.63, 3.8) is 0 Å². The zero-order valence-corrected chi connectivity index (χ0v) is 15.7. The molecule has 0 unspecified atom stereocenters. The first-order chi connectivity index (χ1) is 14.7. The smallest absolute Gasteiger partial charge is 0.238 e. The summed E-state index contributed by atoms with van der Waals surface area (Å²) in [7, 11) is 0. The first-order valence-electron chi connectivity index (χ1n) is 9.05. The highest BCUT2D eigenvalue weighted by molar-refractivity contribution is 5.93. The minimum absolute atomic E-state index is 0.0742. The van der Waals surface area contributed by atoms with Crippen LogP contribution in [0.3, 0.4) is 0 Å². The van der Waals surface area contributed by atoms with Crippen molar-refractivity contribution in [3.8, 4) is 40.1 Å². The van der Waals surface area contributed by atoms with Crippen LogP contribution in [0.2, 0.25) is 0 Å². The molecule has 11 heteroatoms. The Bertz CT molecular complexity index is 1180. The van der Waals surface area contributed by atoms with E-state index in [4.69, 9.17) is 13.9 Å². The molecule has 2 heterocycles. The maximum absolute atomic E-state index is 12.7. The number of fused-ring (bicyclic) bond motifs is 1. The van der Waals surface area contributed by atoms with Gasteiger partial charge < -0.3 is 49.6 Å². The van der Waals surface area contributed by atoms with E-state index in [-0.39, 0.29) is 23.7 Å². The van der Waals surface area contributed by atoms with Crippen LogP contribution in [0.1, 0.15) is 0 Å². The van der Waals surface area contributed by atoms with Crippen molar-refractivity contribution in [1.29, 1.82) is 0 Å². The molecule has 164 valence electrons. The predicted molar refractivity (Wildman–Crippen MR) is 103 cm³/mol. The SMILES string of the molecule is O=c1c(O)c(-c2ccc(O)cc2)oc2c(O[C@H]3OC[C@@H](O)[C@@H](O)[C@H]3O)c(O)cc(O)c12. The van der Waals surface area contributed by atoms with Gasteiger partial charge in [0, 0.05) is 11.6 Å². The fraction of sp³-hybridized carbons (Fsp3) is 0.250. The van der Waals surface area contributed by atoms with Gasteiger partial charge in [0.15, 0.2) is 17.1 Å². The molecule has 11 nitrogen and oxygen atoms in total. The van der Waals surface area contributed by atoms with Crippen molar-refractivity contribution in [2.45, 2.75) is 24.6 Å². The van der Waals surface area contributed by atoms with E-state index in [0.717, 1.165) is 6.07 Å². The first kappa shape index (κ1) is 20.8. The summed E-state index contributed by atoms with van der Waals surface area (Å²) in [6.45, 7) is -0.386. The molecule has 4 rings (SSSR count). The number of rotatable bonds is 3. The van der Waals surface area contributed by atoms with Gasteiger partial charge >= 0.3 is 0 Å². The van der Waals surface area contributed by atoms with Crippen LogP contribution in [-0.2, 0) is 4.74 Å². The molecule has 2 aromatic carbocycles. The van der Waals surface area contributed by atoms with Crippen molar-refractivity contribution in [2.24, 2.45) is 0 Å². The Labute approximate surface area is 173 Å². The van der Waals surface area contributed by atoms with Gasteiger partial charge in [-0.25, -0.2) is 0 Å². The summed E-state index contributed by atoms with van der Waals surface area (Å²) in [6, 6.07) is 6.06. The molecule has 1 saturated heterocycles. The van der Waals surface area contributed by atoms with Gasteiger partial charge in [0.25, 0.3) is 0 Å². The summed E-state index contributed by atoms with van der Waals surface area (Å²) in [5.41, 5.74) is -1.32. The topological polar surface area (TPSA) is 190 Å². The summed E-state index contributed by atoms with van der Waals surface area (Å²) < 4.78 is 16.2. The third-order valence-corrected chi connectivity index (χ3v) is 4.87. The monoisotopic (exact) mass is 434 g/mol. The summed E-state index contributed by atoms with van der Waals surface area (Å²) >= 11 is 0. The fourth-order valence-electron chi connectivity index (χ4n) is 3.22. The van der Waals surface area contributed by atoms with Crippen LogP contribution >= 0.6 is 0 Å². The van der Waals surface area contributed by atoms with Gasteiger partial charge in [0.1, 0.15) is 35.2 Å². The van der Waals surface area contributed by atoms with Crippen LogP contribution < -0.4 is 10.2 Å². The van der Waals surface area contributed by atoms with Crippen LogP contribution in [-0.4, -0.2) is 67.0 Å². The van der Waals surface area contributed by atoms with E-state index < -0.39 is 64.0 Å². The average Bonchev–Trinajstić information content (AvgIpc) is 2.73. The lowest BCUT2D eigenvalue weighted by atomic mass is 10.1. The van der Waals surface area contributed by atoms with E-state index in [0.29, 0.717) is 0 Å². The molecule has 0 radical (unpaired) electrons. The second-order valence-electron chi connectivity index (χ2n) is 6.97. The summed E-state index contributed by atoms with van der Waals surface area (Å²) in [5.74, 6) is -3.16. The number of phenolic OH excluding ortho intramolecular Hbond substituents is 3. The predicted octanol–water partition coefficient (Wildman–Crippen LogP) is 0.100. The zero-order valence-electron chi connectivity index (χ0n) is 15.7. The maximum atomic E-state index is 12.7. The molecule has 3 aromatic rings. The molecule has 0 amide bonds. The van der Waals surface area contributed by atoms with Crippen molar-refractivity contribution in [3.05, 3.63) is 40.6 Å². The fourth-order valence-corrected chi connectivity index (χ4v) is 3.22. The maximum Gasteiger partial charge on any atom is 0.238 e. The van der Waals surface area contributed by atoms with E-state index >= 15 is 0 Å². The Hall–Kier alpha value is -3.51. The van der Waals surface area contributed by atoms with Crippen molar-refractivity contribution < 1.29 is 49.6 Å². The van der Waals surface area contributed by atoms with Crippen LogP contribution in [0.25, 0.3) is 22.3 Å². The standard InChI is InChI=1S/C20H18O11/c21-8-3-1-7(2-4-8)17-15(27)14(26)12-9(22)5-10(23)18(19(12)30-17)31-20-16(28)13(25)11(24)6-29-20/h1-5,11,13,16,20-25,27-28H,6H2/t11-,13-,16-,20-/m1/s1. The van der Waals surface area contributed by atoms with Gasteiger partial charge in [-0.2, -0.15) is 0 Å². The lowest BCUT2D eigenvalue weighted by molar-refractivity contribution is -0.242. The number of ether oxygens (including phenoxy) is 2. The number of hydrogen-bond donors (Lipinski definition) is 7. The molecule has 4 atom stereocenters. The molecule has 1 aliphatic rings. The zero-order chi connectivity index (χ0) is 22.4. The lowest BCUT2D eigenvalue weighted by Gasteiger charge is -2.35. The molecule has 0 spiro atoms. The minimum atomic E-state index is -1.72. The number of benzene rings is 2. The Morgan fingerprint density at radius 1 is 0.935 bits per heavy atom. The molecule has 1 aromatic heterocycles. The number of aromatic hydroxyl groups is 4. The largest absolute Gasteiger partial charge is 0.508 e. The highest BCUT2D eigenvalue weighted by atomic mass is 16.7. The molecule has 0 aliphatic carbocycles. The third-order valence-electron chi connectivity index (χ3n) is 4.87. The third kappa shape index (κ3) is 3.49. The molecule has 0 bridgehead atoms. The second-order valence-corrected chi connectivity index (χ2v) is 6.97. The molecule has 1 fully saturated rings. The van der Waals surface area contributed by atoms with E-state index in [2.05, 4.69) is 0 Å². The lowest BCUT2D eigenvalue weighted by Crippen LogP contribution is -2.54. The van der Waals surface area contributed by atoms with Crippen molar-refractivity contribution in [1.82, 2.24) is 0 Å². The Morgan fingerprint density at radius 3 is 2.29 bits per heavy atom. The van der Waals surface area contributed by atoms with Gasteiger partial charge in [-0.3, -0.25) is 4.79 Å². The van der Waals surface area contributed by atoms with Gasteiger partial charge in [-0.1, -0.05) is 0 Å². The Morgan fingerprint density at radius 2 is 1.61 bits per heavy atom. The number of aliphatic hydroxyl groups is 3. The van der Waals surface area contributed by atoms with Gasteiger partial charge in [-0.05, 0) is 24.3 Å². The summed E-state index contributed by atoms with van der Waals surface area (Å²) in [6.07, 6.45) is -6.25. The Kier molecular flexibility index (Phi) is 5.11. The molecular formula is C20H18O11. The second kappa shape index (κ2) is 7.63. The number of phenols is 3. The van der Waals surface area contributed by atoms with Crippen LogP contribution in [0.15, 0.2) is 39.5 Å². The van der Waals surface area contributed by atoms with Crippen LogP contribution in [0, 0.1) is 0 Å². The average molecular weight is 434 g/mol. The summed E-state index contributed by atoms with van der Waals surface area (Å²) in [5, 5.41) is 69.2. The van der Waals surface area contributed by atoms with Crippen LogP contribution in [0.4, 0.5) is 0 Å². The normalized spacial score (nSPS) is 23.7. The Balaban J connectivity index is 1.89. The molecule has 0 saturated carbocycles. The van der Waals surface area contributed by atoms with Gasteiger partial charge in [-0.15, -0.1) is 0 Å². The molecule has 31 heavy (non-hydrogen) atoms. The first-order valence-corrected chi connectivity index (χ1v) is 9.05. The van der Waals surface area contributed by atoms with Crippen molar-refractivity contribution in [2.75, 3.05) is 6.61 Å². The van der Waals surface area contributed by atoms with E-state index in [1.54, 1.807) is 0 Å². The summed E-state index contributed by atoms with van der Waals surface area (Å²) in [4.78, 5) is 12.7. The number of aliphatic hydroxyl groups excluding tert-OH is 3. The molecule has 7 N–H and O–H groups in total. The number of hydrogen-bond acceptors (Lipinski definition) is 11. The van der Waals surface area contributed by atoms with E-state index in [9.17, 15) is 40.5 Å². The van der Waals surface area contributed by atoms with Gasteiger partial charge in [0.2, 0.25) is 23.2 Å². The minimum Gasteiger partial charge on any atom is -0.508 e. The van der Waals surface area contributed by atoms with Crippen LogP contribution in [0.5, 0.6) is 28.7 Å². The van der Waals surface area contributed by atoms with E-state index in [1.807, 2.05) is 0 Å². The molecular weight excluding hydrogens is 416 g/mol. The molecule has 1 aliphatic heterocycles. The van der Waals surface area contributed by atoms with Gasteiger partial charge in [0.05, 0.1) is 6.61 Å². The highest BCUT2D eigenvalue weighted by Crippen LogP contribution is 2.43. The van der Waals surface area contributed by atoms with E-state index in [1.165, 1.54) is 24.3 Å². The highest BCUT2D eigenvalue weighted by Gasteiger charge is 2.40. The quantitative estimate of drug-likeness (QED) is 0.296. The van der Waals surface area contributed by atoms with Crippen molar-refractivity contribution >= 4 is 11.0 Å².